The second-order valence-electron chi connectivity index (χ2n) is 4.12. The van der Waals surface area contributed by atoms with Gasteiger partial charge >= 0.3 is 0 Å². The van der Waals surface area contributed by atoms with Gasteiger partial charge in [0.05, 0.1) is 12.7 Å². The van der Waals surface area contributed by atoms with Gasteiger partial charge in [-0.2, -0.15) is 0 Å². The Morgan fingerprint density at radius 2 is 2.00 bits per heavy atom. The van der Waals surface area contributed by atoms with Gasteiger partial charge < -0.3 is 9.47 Å². The topological polar surface area (TPSA) is 21.8 Å². The fourth-order valence-electron chi connectivity index (χ4n) is 1.97. The Bertz CT molecular complexity index is 372. The van der Waals surface area contributed by atoms with Crippen molar-refractivity contribution in [1.82, 2.24) is 0 Å². The molecule has 90 valence electrons. The van der Waals surface area contributed by atoms with Crippen LogP contribution in [0.2, 0.25) is 0 Å². The zero-order chi connectivity index (χ0) is 12.1. The zero-order valence-electron chi connectivity index (χ0n) is 9.92. The molecule has 1 aromatic rings. The van der Waals surface area contributed by atoms with E-state index in [1.54, 1.807) is 6.08 Å². The molecule has 0 bridgehead atoms. The van der Waals surface area contributed by atoms with Gasteiger partial charge in [-0.25, -0.2) is 0 Å². The monoisotopic (exact) mass is 230 g/mol. The van der Waals surface area contributed by atoms with Crippen LogP contribution in [-0.2, 0) is 9.47 Å². The smallest absolute Gasteiger partial charge is 0.115 e. The lowest BCUT2D eigenvalue weighted by Gasteiger charge is -2.12. The maximum Gasteiger partial charge on any atom is 0.115 e. The second kappa shape index (κ2) is 5.80. The summed E-state index contributed by atoms with van der Waals surface area (Å²) in [6.07, 6.45) is 4.84. The van der Waals surface area contributed by atoms with Gasteiger partial charge in [-0.1, -0.05) is 42.5 Å². The molecule has 1 heterocycles. The Morgan fingerprint density at radius 1 is 1.24 bits per heavy atom. The highest BCUT2D eigenvalue weighted by Crippen LogP contribution is 2.42. The standard InChI is InChI=1S/C15H18O2/c1-3-8-13(16-11-4-2)15-14(17-15)12-9-6-5-7-10-12/h3-7,9-10,13-15H,1-2,8,11H2/t13?,14-,15+/m1/s1. The molecule has 0 radical (unpaired) electrons. The summed E-state index contributed by atoms with van der Waals surface area (Å²) >= 11 is 0. The highest BCUT2D eigenvalue weighted by molar-refractivity contribution is 5.23. The predicted molar refractivity (Wildman–Crippen MR) is 68.8 cm³/mol. The molecule has 2 nitrogen and oxygen atoms in total. The summed E-state index contributed by atoms with van der Waals surface area (Å²) in [4.78, 5) is 0. The van der Waals surface area contributed by atoms with Gasteiger partial charge in [0.25, 0.3) is 0 Å². The van der Waals surface area contributed by atoms with Crippen LogP contribution in [-0.4, -0.2) is 18.8 Å². The van der Waals surface area contributed by atoms with E-state index in [-0.39, 0.29) is 18.3 Å². The van der Waals surface area contributed by atoms with Crippen LogP contribution in [0.5, 0.6) is 0 Å². The first-order valence-corrected chi connectivity index (χ1v) is 5.90. The van der Waals surface area contributed by atoms with Crippen LogP contribution in [0.15, 0.2) is 55.6 Å². The van der Waals surface area contributed by atoms with Crippen molar-refractivity contribution in [3.05, 3.63) is 61.2 Å². The molecule has 0 saturated carbocycles. The highest BCUT2D eigenvalue weighted by Gasteiger charge is 2.45. The van der Waals surface area contributed by atoms with Crippen LogP contribution < -0.4 is 0 Å². The van der Waals surface area contributed by atoms with Crippen LogP contribution in [0.3, 0.4) is 0 Å². The van der Waals surface area contributed by atoms with Crippen LogP contribution >= 0.6 is 0 Å². The Hall–Kier alpha value is -1.38. The van der Waals surface area contributed by atoms with Crippen molar-refractivity contribution >= 4 is 0 Å². The van der Waals surface area contributed by atoms with E-state index in [1.807, 2.05) is 24.3 Å². The molecule has 2 heteroatoms. The normalized spacial score (nSPS) is 24.0. The summed E-state index contributed by atoms with van der Waals surface area (Å²) in [5.41, 5.74) is 1.22. The van der Waals surface area contributed by atoms with Crippen molar-refractivity contribution in [2.75, 3.05) is 6.61 Å². The molecule has 1 aliphatic rings. The number of benzene rings is 1. The highest BCUT2D eigenvalue weighted by atomic mass is 16.6. The van der Waals surface area contributed by atoms with Gasteiger partial charge in [-0.3, -0.25) is 0 Å². The molecular weight excluding hydrogens is 212 g/mol. The Labute approximate surface area is 103 Å². The fourth-order valence-corrected chi connectivity index (χ4v) is 1.97. The molecule has 1 fully saturated rings. The van der Waals surface area contributed by atoms with Crippen molar-refractivity contribution in [2.24, 2.45) is 0 Å². The summed E-state index contributed by atoms with van der Waals surface area (Å²) in [6.45, 7) is 7.97. The molecule has 3 atom stereocenters. The van der Waals surface area contributed by atoms with Crippen LogP contribution in [0.1, 0.15) is 18.1 Å². The zero-order valence-corrected chi connectivity index (χ0v) is 9.92. The molecule has 0 aliphatic carbocycles. The summed E-state index contributed by atoms with van der Waals surface area (Å²) < 4.78 is 11.4. The third-order valence-electron chi connectivity index (χ3n) is 2.85. The van der Waals surface area contributed by atoms with Gasteiger partial charge in [0.15, 0.2) is 0 Å². The van der Waals surface area contributed by atoms with Crippen molar-refractivity contribution < 1.29 is 9.47 Å². The summed E-state index contributed by atoms with van der Waals surface area (Å²) in [7, 11) is 0. The molecule has 1 aliphatic heterocycles. The van der Waals surface area contributed by atoms with Gasteiger partial charge in [0.2, 0.25) is 0 Å². The lowest BCUT2D eigenvalue weighted by Crippen LogP contribution is -2.19. The number of hydrogen-bond donors (Lipinski definition) is 0. The minimum atomic E-state index is 0.0794. The second-order valence-corrected chi connectivity index (χ2v) is 4.12. The van der Waals surface area contributed by atoms with E-state index in [1.165, 1.54) is 5.56 Å². The largest absolute Gasteiger partial charge is 0.371 e. The predicted octanol–water partition coefficient (Wildman–Crippen LogP) is 3.27. The van der Waals surface area contributed by atoms with Crippen molar-refractivity contribution in [1.29, 1.82) is 0 Å². The van der Waals surface area contributed by atoms with E-state index in [0.29, 0.717) is 6.61 Å². The van der Waals surface area contributed by atoms with E-state index in [0.717, 1.165) is 6.42 Å². The first-order chi connectivity index (χ1) is 8.36. The van der Waals surface area contributed by atoms with Gasteiger partial charge in [-0.15, -0.1) is 13.2 Å². The molecular formula is C15H18O2. The first kappa shape index (κ1) is 12.1. The Kier molecular flexibility index (Phi) is 4.13. The molecule has 1 saturated heterocycles. The Balaban J connectivity index is 1.94. The van der Waals surface area contributed by atoms with Crippen LogP contribution in [0, 0.1) is 0 Å². The quantitative estimate of drug-likeness (QED) is 0.529. The molecule has 2 rings (SSSR count). The SMILES string of the molecule is C=CCOC(CC=C)[C@@H]1O[C@@H]1c1ccccc1. The molecule has 0 spiro atoms. The van der Waals surface area contributed by atoms with Crippen molar-refractivity contribution in [2.45, 2.75) is 24.7 Å². The average Bonchev–Trinajstić information content (AvgIpc) is 3.16. The molecule has 0 aromatic heterocycles. The molecule has 1 aromatic carbocycles. The summed E-state index contributed by atoms with van der Waals surface area (Å²) in [5.74, 6) is 0. The van der Waals surface area contributed by atoms with Gasteiger partial charge in [0, 0.05) is 0 Å². The average molecular weight is 230 g/mol. The minimum Gasteiger partial charge on any atom is -0.371 e. The van der Waals surface area contributed by atoms with E-state index in [4.69, 9.17) is 9.47 Å². The van der Waals surface area contributed by atoms with Gasteiger partial charge in [-0.05, 0) is 12.0 Å². The van der Waals surface area contributed by atoms with Crippen molar-refractivity contribution in [3.8, 4) is 0 Å². The number of ether oxygens (including phenoxy) is 2. The molecule has 0 N–H and O–H groups in total. The molecule has 0 amide bonds. The summed E-state index contributed by atoms with van der Waals surface area (Å²) in [5, 5.41) is 0. The van der Waals surface area contributed by atoms with E-state index >= 15 is 0 Å². The maximum absolute atomic E-state index is 5.71. The molecule has 1 unspecified atom stereocenters. The summed E-state index contributed by atoms with van der Waals surface area (Å²) in [6, 6.07) is 10.2. The third-order valence-corrected chi connectivity index (χ3v) is 2.85. The maximum atomic E-state index is 5.71. The first-order valence-electron chi connectivity index (χ1n) is 5.90. The van der Waals surface area contributed by atoms with Gasteiger partial charge in [0.1, 0.15) is 12.2 Å². The van der Waals surface area contributed by atoms with E-state index < -0.39 is 0 Å². The van der Waals surface area contributed by atoms with Crippen molar-refractivity contribution in [3.63, 3.8) is 0 Å². The number of hydrogen-bond acceptors (Lipinski definition) is 2. The lowest BCUT2D eigenvalue weighted by atomic mass is 10.1. The van der Waals surface area contributed by atoms with Crippen LogP contribution in [0.25, 0.3) is 0 Å². The minimum absolute atomic E-state index is 0.0794. The van der Waals surface area contributed by atoms with E-state index in [9.17, 15) is 0 Å². The lowest BCUT2D eigenvalue weighted by molar-refractivity contribution is 0.0540. The number of rotatable bonds is 7. The number of epoxide rings is 1. The van der Waals surface area contributed by atoms with Crippen LogP contribution in [0.4, 0.5) is 0 Å². The van der Waals surface area contributed by atoms with E-state index in [2.05, 4.69) is 25.3 Å². The fraction of sp³-hybridized carbons (Fsp3) is 0.333. The molecule has 17 heavy (non-hydrogen) atoms. The third kappa shape index (κ3) is 3.05. The Morgan fingerprint density at radius 3 is 2.65 bits per heavy atom.